The molecule has 4 aromatic rings. The van der Waals surface area contributed by atoms with Gasteiger partial charge in [-0.15, -0.1) is 11.3 Å². The molecule has 3 aromatic heterocycles. The zero-order valence-corrected chi connectivity index (χ0v) is 14.6. The van der Waals surface area contributed by atoms with Gasteiger partial charge in [-0.25, -0.2) is 9.97 Å². The Morgan fingerprint density at radius 2 is 2.04 bits per heavy atom. The molecule has 0 atom stereocenters. The lowest BCUT2D eigenvalue weighted by molar-refractivity contribution is 0.967. The zero-order valence-electron chi connectivity index (χ0n) is 13.0. The van der Waals surface area contributed by atoms with E-state index < -0.39 is 0 Å². The number of halogens is 1. The topological polar surface area (TPSA) is 51.0 Å². The molecule has 0 unspecified atom stereocenters. The van der Waals surface area contributed by atoms with Crippen LogP contribution < -0.4 is 10.5 Å². The average Bonchev–Trinajstić information content (AvgIpc) is 2.94. The van der Waals surface area contributed by atoms with E-state index in [4.69, 9.17) is 11.6 Å². The molecule has 0 saturated heterocycles. The molecule has 0 N–H and O–H groups in total. The second-order valence-corrected chi connectivity index (χ2v) is 7.02. The number of pyridine rings is 1. The van der Waals surface area contributed by atoms with E-state index in [1.807, 2.05) is 37.2 Å². The van der Waals surface area contributed by atoms with Crippen LogP contribution in [0.5, 0.6) is 0 Å². The standard InChI is InChI=1S/C17H13ClN4OS/c1-21(2)12-6-7-19-16-13(12)14-15(24-16)17(23)22(9-20-14)11-5-3-4-10(18)8-11/h3-9H,1-2H3. The highest BCUT2D eigenvalue weighted by Crippen LogP contribution is 2.35. The molecule has 0 bridgehead atoms. The molecule has 0 spiro atoms. The second kappa shape index (κ2) is 5.58. The van der Waals surface area contributed by atoms with Gasteiger partial charge in [-0.05, 0) is 24.3 Å². The molecular formula is C17H13ClN4OS. The Labute approximate surface area is 146 Å². The van der Waals surface area contributed by atoms with Crippen molar-refractivity contribution in [3.05, 3.63) is 58.2 Å². The Morgan fingerprint density at radius 3 is 2.79 bits per heavy atom. The van der Waals surface area contributed by atoms with E-state index in [0.29, 0.717) is 20.9 Å². The van der Waals surface area contributed by atoms with Crippen molar-refractivity contribution in [2.75, 3.05) is 19.0 Å². The van der Waals surface area contributed by atoms with Crippen molar-refractivity contribution >= 4 is 49.1 Å². The first-order valence-electron chi connectivity index (χ1n) is 7.28. The fourth-order valence-corrected chi connectivity index (χ4v) is 3.95. The van der Waals surface area contributed by atoms with Crippen LogP contribution in [0.25, 0.3) is 26.1 Å². The average molecular weight is 357 g/mol. The highest BCUT2D eigenvalue weighted by Gasteiger charge is 2.16. The summed E-state index contributed by atoms with van der Waals surface area (Å²) in [6.45, 7) is 0. The van der Waals surface area contributed by atoms with E-state index in [9.17, 15) is 4.79 Å². The van der Waals surface area contributed by atoms with E-state index in [2.05, 4.69) is 9.97 Å². The molecular weight excluding hydrogens is 344 g/mol. The summed E-state index contributed by atoms with van der Waals surface area (Å²) < 4.78 is 2.10. The zero-order chi connectivity index (χ0) is 16.8. The van der Waals surface area contributed by atoms with Crippen LogP contribution in [0.4, 0.5) is 5.69 Å². The maximum atomic E-state index is 12.9. The molecule has 7 heteroatoms. The van der Waals surface area contributed by atoms with Gasteiger partial charge in [0.25, 0.3) is 5.56 Å². The Kier molecular flexibility index (Phi) is 3.51. The van der Waals surface area contributed by atoms with Gasteiger partial charge in [0.1, 0.15) is 15.9 Å². The highest BCUT2D eigenvalue weighted by molar-refractivity contribution is 7.25. The first kappa shape index (κ1) is 15.1. The molecule has 0 radical (unpaired) electrons. The number of benzene rings is 1. The monoisotopic (exact) mass is 356 g/mol. The summed E-state index contributed by atoms with van der Waals surface area (Å²) in [6.07, 6.45) is 3.30. The van der Waals surface area contributed by atoms with Crippen LogP contribution in [-0.2, 0) is 0 Å². The normalized spacial score (nSPS) is 11.3. The molecule has 0 fully saturated rings. The maximum absolute atomic E-state index is 12.9. The Hall–Kier alpha value is -2.44. The van der Waals surface area contributed by atoms with Crippen LogP contribution in [0.2, 0.25) is 5.02 Å². The van der Waals surface area contributed by atoms with Crippen LogP contribution in [0.3, 0.4) is 0 Å². The number of fused-ring (bicyclic) bond motifs is 3. The highest BCUT2D eigenvalue weighted by atomic mass is 35.5. The lowest BCUT2D eigenvalue weighted by atomic mass is 10.2. The largest absolute Gasteiger partial charge is 0.377 e. The van der Waals surface area contributed by atoms with Crippen molar-refractivity contribution in [1.82, 2.24) is 14.5 Å². The van der Waals surface area contributed by atoms with E-state index in [0.717, 1.165) is 15.9 Å². The van der Waals surface area contributed by atoms with Crippen molar-refractivity contribution in [1.29, 1.82) is 0 Å². The van der Waals surface area contributed by atoms with Gasteiger partial charge < -0.3 is 4.90 Å². The molecule has 120 valence electrons. The summed E-state index contributed by atoms with van der Waals surface area (Å²) in [7, 11) is 3.93. The summed E-state index contributed by atoms with van der Waals surface area (Å²) in [6, 6.07) is 9.09. The number of rotatable bonds is 2. The molecule has 0 saturated carbocycles. The summed E-state index contributed by atoms with van der Waals surface area (Å²) >= 11 is 7.40. The maximum Gasteiger partial charge on any atom is 0.275 e. The van der Waals surface area contributed by atoms with Crippen LogP contribution in [-0.4, -0.2) is 28.6 Å². The molecule has 3 heterocycles. The van der Waals surface area contributed by atoms with Crippen LogP contribution in [0.15, 0.2) is 47.7 Å². The summed E-state index contributed by atoms with van der Waals surface area (Å²) in [4.78, 5) is 24.7. The minimum absolute atomic E-state index is 0.116. The van der Waals surface area contributed by atoms with E-state index in [1.54, 1.807) is 24.7 Å². The molecule has 1 aromatic carbocycles. The fourth-order valence-electron chi connectivity index (χ4n) is 2.72. The lowest BCUT2D eigenvalue weighted by Gasteiger charge is -2.13. The number of hydrogen-bond acceptors (Lipinski definition) is 5. The van der Waals surface area contributed by atoms with E-state index in [-0.39, 0.29) is 5.56 Å². The molecule has 24 heavy (non-hydrogen) atoms. The number of nitrogens with zero attached hydrogens (tertiary/aromatic N) is 4. The SMILES string of the molecule is CN(C)c1ccnc2sc3c(=O)n(-c4cccc(Cl)c4)cnc3c12. The summed E-state index contributed by atoms with van der Waals surface area (Å²) in [5, 5.41) is 1.49. The van der Waals surface area contributed by atoms with Gasteiger partial charge in [0.15, 0.2) is 0 Å². The second-order valence-electron chi connectivity index (χ2n) is 5.58. The molecule has 5 nitrogen and oxygen atoms in total. The minimum Gasteiger partial charge on any atom is -0.377 e. The smallest absolute Gasteiger partial charge is 0.275 e. The molecule has 4 rings (SSSR count). The predicted octanol–water partition coefficient (Wildman–Crippen LogP) is 3.71. The summed E-state index contributed by atoms with van der Waals surface area (Å²) in [5.74, 6) is 0. The third-order valence-electron chi connectivity index (χ3n) is 3.83. The Morgan fingerprint density at radius 1 is 1.21 bits per heavy atom. The van der Waals surface area contributed by atoms with Crippen molar-refractivity contribution < 1.29 is 0 Å². The molecule has 0 amide bonds. The Balaban J connectivity index is 2.06. The van der Waals surface area contributed by atoms with Crippen LogP contribution in [0, 0.1) is 0 Å². The molecule has 0 aliphatic heterocycles. The van der Waals surface area contributed by atoms with Crippen molar-refractivity contribution in [3.8, 4) is 5.69 Å². The third kappa shape index (κ3) is 2.26. The van der Waals surface area contributed by atoms with E-state index in [1.165, 1.54) is 15.9 Å². The van der Waals surface area contributed by atoms with Gasteiger partial charge in [-0.1, -0.05) is 17.7 Å². The van der Waals surface area contributed by atoms with Crippen molar-refractivity contribution in [3.63, 3.8) is 0 Å². The van der Waals surface area contributed by atoms with E-state index >= 15 is 0 Å². The van der Waals surface area contributed by atoms with Crippen LogP contribution in [0.1, 0.15) is 0 Å². The molecule has 0 aliphatic carbocycles. The van der Waals surface area contributed by atoms with Gasteiger partial charge >= 0.3 is 0 Å². The van der Waals surface area contributed by atoms with Crippen molar-refractivity contribution in [2.45, 2.75) is 0 Å². The summed E-state index contributed by atoms with van der Waals surface area (Å²) in [5.41, 5.74) is 2.27. The number of anilines is 1. The minimum atomic E-state index is -0.116. The van der Waals surface area contributed by atoms with Crippen molar-refractivity contribution in [2.24, 2.45) is 0 Å². The molecule has 0 aliphatic rings. The number of hydrogen-bond donors (Lipinski definition) is 0. The van der Waals surface area contributed by atoms with Gasteiger partial charge in [-0.3, -0.25) is 9.36 Å². The first-order chi connectivity index (χ1) is 11.6. The Bertz CT molecular complexity index is 1130. The predicted molar refractivity (Wildman–Crippen MR) is 99.9 cm³/mol. The number of thiophene rings is 1. The lowest BCUT2D eigenvalue weighted by Crippen LogP contribution is -2.17. The third-order valence-corrected chi connectivity index (χ3v) is 5.14. The first-order valence-corrected chi connectivity index (χ1v) is 8.48. The fraction of sp³-hybridized carbons (Fsp3) is 0.118. The van der Waals surface area contributed by atoms with Gasteiger partial charge in [0.05, 0.1) is 22.3 Å². The quantitative estimate of drug-likeness (QED) is 0.549. The van der Waals surface area contributed by atoms with Gasteiger partial charge in [0, 0.05) is 25.3 Å². The number of aromatic nitrogens is 3. The van der Waals surface area contributed by atoms with Crippen LogP contribution >= 0.6 is 22.9 Å². The van der Waals surface area contributed by atoms with Gasteiger partial charge in [-0.2, -0.15) is 0 Å². The van der Waals surface area contributed by atoms with Gasteiger partial charge in [0.2, 0.25) is 0 Å².